The Morgan fingerprint density at radius 1 is 1.55 bits per heavy atom. The molecule has 1 N–H and O–H groups in total. The number of carbonyl (C=O) groups excluding carboxylic acids is 1. The molecule has 0 unspecified atom stereocenters. The Bertz CT molecular complexity index is 205. The Labute approximate surface area is 67.4 Å². The average Bonchev–Trinajstić information content (AvgIpc) is 2.63. The minimum atomic E-state index is -0.146. The van der Waals surface area contributed by atoms with Crippen LogP contribution in [0.15, 0.2) is 0 Å². The second-order valence-corrected chi connectivity index (χ2v) is 3.17. The van der Waals surface area contributed by atoms with Crippen molar-refractivity contribution < 1.29 is 4.79 Å². The van der Waals surface area contributed by atoms with Crippen molar-refractivity contribution in [2.75, 3.05) is 0 Å². The highest BCUT2D eigenvalue weighted by Crippen LogP contribution is 2.27. The predicted molar refractivity (Wildman–Crippen MR) is 43.8 cm³/mol. The smallest absolute Gasteiger partial charge is 0.296 e. The molecule has 0 bridgehead atoms. The van der Waals surface area contributed by atoms with Crippen LogP contribution in [0.2, 0.25) is 0 Å². The second kappa shape index (κ2) is 3.43. The number of nitrogens with one attached hydrogen (secondary N) is 1. The molecule has 0 aromatic carbocycles. The molecule has 1 fully saturated rings. The second-order valence-electron chi connectivity index (χ2n) is 3.17. The Morgan fingerprint density at radius 3 is 2.64 bits per heavy atom. The summed E-state index contributed by atoms with van der Waals surface area (Å²) >= 11 is 0. The summed E-state index contributed by atoms with van der Waals surface area (Å²) in [4.78, 5) is 10.9. The van der Waals surface area contributed by atoms with Crippen molar-refractivity contribution in [3.63, 3.8) is 0 Å². The van der Waals surface area contributed by atoms with Crippen LogP contribution < -0.4 is 5.32 Å². The minimum absolute atomic E-state index is 0.146. The summed E-state index contributed by atoms with van der Waals surface area (Å²) in [6.07, 6.45) is 2.34. The van der Waals surface area contributed by atoms with Gasteiger partial charge in [0.2, 0.25) is 0 Å². The molecule has 0 aromatic heterocycles. The van der Waals surface area contributed by atoms with Crippen LogP contribution in [0.25, 0.3) is 0 Å². The molecule has 1 aliphatic rings. The van der Waals surface area contributed by atoms with Crippen LogP contribution in [0.1, 0.15) is 26.7 Å². The highest BCUT2D eigenvalue weighted by molar-refractivity contribution is 5.93. The Kier molecular flexibility index (Phi) is 2.53. The SMILES string of the molecule is CC(C)NC(=O)C#CC1CC1. The zero-order valence-electron chi connectivity index (χ0n) is 6.98. The molecule has 0 aromatic rings. The number of carbonyl (C=O) groups is 1. The van der Waals surface area contributed by atoms with Crippen molar-refractivity contribution in [2.45, 2.75) is 32.7 Å². The number of hydrogen-bond donors (Lipinski definition) is 1. The van der Waals surface area contributed by atoms with E-state index in [0.717, 1.165) is 0 Å². The lowest BCUT2D eigenvalue weighted by Crippen LogP contribution is -2.28. The molecular weight excluding hydrogens is 138 g/mol. The average molecular weight is 151 g/mol. The zero-order valence-corrected chi connectivity index (χ0v) is 6.98. The first-order valence-corrected chi connectivity index (χ1v) is 4.00. The fourth-order valence-corrected chi connectivity index (χ4v) is 0.694. The van der Waals surface area contributed by atoms with E-state index in [-0.39, 0.29) is 11.9 Å². The maximum Gasteiger partial charge on any atom is 0.296 e. The van der Waals surface area contributed by atoms with Crippen molar-refractivity contribution in [1.82, 2.24) is 5.32 Å². The van der Waals surface area contributed by atoms with Crippen molar-refractivity contribution in [3.05, 3.63) is 0 Å². The highest BCUT2D eigenvalue weighted by atomic mass is 16.1. The van der Waals surface area contributed by atoms with E-state index in [4.69, 9.17) is 0 Å². The lowest BCUT2D eigenvalue weighted by atomic mass is 10.3. The highest BCUT2D eigenvalue weighted by Gasteiger charge is 2.18. The van der Waals surface area contributed by atoms with Gasteiger partial charge < -0.3 is 5.32 Å². The molecule has 2 nitrogen and oxygen atoms in total. The van der Waals surface area contributed by atoms with Gasteiger partial charge >= 0.3 is 0 Å². The molecule has 0 atom stereocenters. The van der Waals surface area contributed by atoms with Gasteiger partial charge in [0.1, 0.15) is 0 Å². The van der Waals surface area contributed by atoms with Crippen LogP contribution in [-0.2, 0) is 4.79 Å². The first kappa shape index (κ1) is 8.13. The van der Waals surface area contributed by atoms with Gasteiger partial charge in [0, 0.05) is 12.0 Å². The van der Waals surface area contributed by atoms with E-state index < -0.39 is 0 Å². The predicted octanol–water partition coefficient (Wildman–Crippen LogP) is 0.924. The maximum absolute atomic E-state index is 10.9. The van der Waals surface area contributed by atoms with Crippen molar-refractivity contribution in [3.8, 4) is 11.8 Å². The summed E-state index contributed by atoms with van der Waals surface area (Å²) in [6, 6.07) is 0.191. The minimum Gasteiger partial charge on any atom is -0.343 e. The zero-order chi connectivity index (χ0) is 8.27. The van der Waals surface area contributed by atoms with Gasteiger partial charge in [0.15, 0.2) is 0 Å². The fraction of sp³-hybridized carbons (Fsp3) is 0.667. The van der Waals surface area contributed by atoms with Gasteiger partial charge in [-0.15, -0.1) is 0 Å². The lowest BCUT2D eigenvalue weighted by Gasteiger charge is -2.01. The van der Waals surface area contributed by atoms with E-state index in [9.17, 15) is 4.79 Å². The van der Waals surface area contributed by atoms with Crippen LogP contribution in [-0.4, -0.2) is 11.9 Å². The molecule has 0 heterocycles. The molecule has 1 saturated carbocycles. The maximum atomic E-state index is 10.9. The molecule has 0 aliphatic heterocycles. The molecule has 11 heavy (non-hydrogen) atoms. The summed E-state index contributed by atoms with van der Waals surface area (Å²) in [7, 11) is 0. The quantitative estimate of drug-likeness (QED) is 0.555. The van der Waals surface area contributed by atoms with E-state index in [0.29, 0.717) is 5.92 Å². The Morgan fingerprint density at radius 2 is 2.18 bits per heavy atom. The molecule has 2 heteroatoms. The monoisotopic (exact) mass is 151 g/mol. The van der Waals surface area contributed by atoms with E-state index in [1.165, 1.54) is 12.8 Å². The van der Waals surface area contributed by atoms with Gasteiger partial charge in [-0.25, -0.2) is 0 Å². The van der Waals surface area contributed by atoms with Crippen LogP contribution >= 0.6 is 0 Å². The molecule has 0 spiro atoms. The molecule has 60 valence electrons. The third kappa shape index (κ3) is 3.67. The van der Waals surface area contributed by atoms with Gasteiger partial charge in [0.25, 0.3) is 5.91 Å². The summed E-state index contributed by atoms with van der Waals surface area (Å²) < 4.78 is 0. The molecule has 1 aliphatic carbocycles. The lowest BCUT2D eigenvalue weighted by molar-refractivity contribution is -0.116. The van der Waals surface area contributed by atoms with Gasteiger partial charge in [-0.2, -0.15) is 0 Å². The van der Waals surface area contributed by atoms with Crippen molar-refractivity contribution in [2.24, 2.45) is 5.92 Å². The standard InChI is InChI=1S/C9H13NO/c1-7(2)10-9(11)6-5-8-3-4-8/h7-8H,3-4H2,1-2H3,(H,10,11). The van der Waals surface area contributed by atoms with Crippen molar-refractivity contribution in [1.29, 1.82) is 0 Å². The molecule has 0 radical (unpaired) electrons. The van der Waals surface area contributed by atoms with Gasteiger partial charge in [-0.05, 0) is 32.6 Å². The summed E-state index contributed by atoms with van der Waals surface area (Å²) in [5.41, 5.74) is 0. The molecule has 1 rings (SSSR count). The van der Waals surface area contributed by atoms with Crippen LogP contribution in [0.5, 0.6) is 0 Å². The molecule has 1 amide bonds. The fourth-order valence-electron chi connectivity index (χ4n) is 0.694. The van der Waals surface area contributed by atoms with Gasteiger partial charge in [0.05, 0.1) is 0 Å². The normalized spacial score (nSPS) is 15.5. The number of amides is 1. The number of hydrogen-bond acceptors (Lipinski definition) is 1. The molecular formula is C9H13NO. The van der Waals surface area contributed by atoms with Crippen LogP contribution in [0, 0.1) is 17.8 Å². The largest absolute Gasteiger partial charge is 0.343 e. The van der Waals surface area contributed by atoms with E-state index >= 15 is 0 Å². The first-order valence-electron chi connectivity index (χ1n) is 4.00. The van der Waals surface area contributed by atoms with E-state index in [2.05, 4.69) is 17.2 Å². The van der Waals surface area contributed by atoms with Crippen molar-refractivity contribution >= 4 is 5.91 Å². The summed E-state index contributed by atoms with van der Waals surface area (Å²) in [6.45, 7) is 3.85. The summed E-state index contributed by atoms with van der Waals surface area (Å²) in [5, 5.41) is 2.71. The number of rotatable bonds is 1. The third-order valence-electron chi connectivity index (χ3n) is 1.39. The van der Waals surface area contributed by atoms with E-state index in [1.54, 1.807) is 0 Å². The van der Waals surface area contributed by atoms with Gasteiger partial charge in [-0.3, -0.25) is 4.79 Å². The Balaban J connectivity index is 2.25. The third-order valence-corrected chi connectivity index (χ3v) is 1.39. The first-order chi connectivity index (χ1) is 5.18. The Hall–Kier alpha value is -0.970. The van der Waals surface area contributed by atoms with Crippen LogP contribution in [0.3, 0.4) is 0 Å². The summed E-state index contributed by atoms with van der Waals surface area (Å²) in [5.74, 6) is 5.84. The molecule has 0 saturated heterocycles. The van der Waals surface area contributed by atoms with Crippen LogP contribution in [0.4, 0.5) is 0 Å². The van der Waals surface area contributed by atoms with E-state index in [1.807, 2.05) is 13.8 Å². The topological polar surface area (TPSA) is 29.1 Å². The van der Waals surface area contributed by atoms with Gasteiger partial charge in [-0.1, -0.05) is 5.92 Å².